The Bertz CT molecular complexity index is 1290. The number of H-pyrrole nitrogens is 1. The van der Waals surface area contributed by atoms with Crippen LogP contribution in [0.25, 0.3) is 22.0 Å². The molecule has 146 valence electrons. The lowest BCUT2D eigenvalue weighted by molar-refractivity contribution is 0.579. The smallest absolute Gasteiger partial charge is 0.274 e. The van der Waals surface area contributed by atoms with Crippen LogP contribution in [-0.2, 0) is 20.0 Å². The van der Waals surface area contributed by atoms with Crippen LogP contribution in [0.5, 0.6) is 0 Å². The van der Waals surface area contributed by atoms with Crippen LogP contribution in [0.2, 0.25) is 0 Å². The molecule has 0 spiro atoms. The quantitative estimate of drug-likeness (QED) is 0.563. The number of fused-ring (bicyclic) bond motifs is 2. The molecule has 4 aromatic rings. The molecule has 0 saturated heterocycles. The first-order valence-electron chi connectivity index (χ1n) is 9.51. The molecule has 0 unspecified atom stereocenters. The second-order valence-electron chi connectivity index (χ2n) is 7.46. The van der Waals surface area contributed by atoms with Crippen molar-refractivity contribution < 1.29 is 8.78 Å². The molecule has 4 nitrogen and oxygen atoms in total. The number of aryl methyl sites for hydroxylation is 1. The number of pyridine rings is 1. The van der Waals surface area contributed by atoms with Gasteiger partial charge in [-0.15, -0.1) is 0 Å². The lowest BCUT2D eigenvalue weighted by Crippen LogP contribution is -2.26. The Morgan fingerprint density at radius 3 is 2.69 bits per heavy atom. The van der Waals surface area contributed by atoms with E-state index < -0.39 is 11.6 Å². The monoisotopic (exact) mass is 391 g/mol. The Morgan fingerprint density at radius 1 is 1.10 bits per heavy atom. The predicted molar refractivity (Wildman–Crippen MR) is 110 cm³/mol. The van der Waals surface area contributed by atoms with Crippen LogP contribution in [0.3, 0.4) is 0 Å². The van der Waals surface area contributed by atoms with Crippen molar-refractivity contribution in [3.8, 4) is 11.1 Å². The van der Waals surface area contributed by atoms with Gasteiger partial charge in [0, 0.05) is 55.1 Å². The summed E-state index contributed by atoms with van der Waals surface area (Å²) in [5.41, 5.74) is 3.84. The molecular formula is C23H19F2N3O. The van der Waals surface area contributed by atoms with Crippen molar-refractivity contribution in [3.63, 3.8) is 0 Å². The van der Waals surface area contributed by atoms with Crippen LogP contribution in [0, 0.1) is 11.6 Å². The van der Waals surface area contributed by atoms with Gasteiger partial charge in [-0.1, -0.05) is 30.3 Å². The van der Waals surface area contributed by atoms with E-state index in [2.05, 4.69) is 4.98 Å². The van der Waals surface area contributed by atoms with E-state index in [1.54, 1.807) is 19.4 Å². The average Bonchev–Trinajstić information content (AvgIpc) is 3.07. The normalized spacial score (nSPS) is 12.9. The first-order chi connectivity index (χ1) is 14.0. The van der Waals surface area contributed by atoms with Crippen molar-refractivity contribution in [2.75, 3.05) is 11.4 Å². The van der Waals surface area contributed by atoms with E-state index in [0.717, 1.165) is 29.0 Å². The number of halogens is 2. The summed E-state index contributed by atoms with van der Waals surface area (Å²) in [5, 5.41) is 0.738. The van der Waals surface area contributed by atoms with Crippen molar-refractivity contribution >= 4 is 16.6 Å². The molecular weight excluding hydrogens is 372 g/mol. The molecule has 3 heterocycles. The lowest BCUT2D eigenvalue weighted by Gasteiger charge is -2.26. The lowest BCUT2D eigenvalue weighted by atomic mass is 10.0. The van der Waals surface area contributed by atoms with Gasteiger partial charge in [-0.25, -0.2) is 8.78 Å². The highest BCUT2D eigenvalue weighted by Gasteiger charge is 2.27. The SMILES string of the molecule is Cn1cc2c3c(c[nH]c3c1=O)CN(CCc1ccccc1)c1c(F)cc(F)cc1-2. The van der Waals surface area contributed by atoms with E-state index >= 15 is 4.39 Å². The number of aromatic amines is 1. The summed E-state index contributed by atoms with van der Waals surface area (Å²) in [7, 11) is 1.65. The molecule has 0 bridgehead atoms. The maximum absolute atomic E-state index is 15.0. The Hall–Kier alpha value is -3.41. The Labute approximate surface area is 166 Å². The number of anilines is 1. The molecule has 0 aliphatic carbocycles. The molecule has 0 amide bonds. The van der Waals surface area contributed by atoms with E-state index in [9.17, 15) is 9.18 Å². The van der Waals surface area contributed by atoms with Crippen LogP contribution >= 0.6 is 0 Å². The standard InChI is InChI=1S/C23H19F2N3O/c1-27-13-18-17-9-16(24)10-19(25)22(17)28(8-7-14-5-3-2-4-6-14)12-15-11-26-21(20(15)18)23(27)29/h2-6,9-11,13,26H,7-8,12H2,1H3. The molecule has 0 saturated carbocycles. The third-order valence-corrected chi connectivity index (χ3v) is 5.60. The van der Waals surface area contributed by atoms with Crippen molar-refractivity contribution in [1.29, 1.82) is 0 Å². The van der Waals surface area contributed by atoms with Crippen molar-refractivity contribution in [2.45, 2.75) is 13.0 Å². The molecule has 2 aromatic heterocycles. The zero-order valence-corrected chi connectivity index (χ0v) is 15.9. The Kier molecular flexibility index (Phi) is 4.01. The maximum Gasteiger partial charge on any atom is 0.274 e. The van der Waals surface area contributed by atoms with Crippen molar-refractivity contribution in [3.05, 3.63) is 88.0 Å². The minimum atomic E-state index is -0.634. The minimum absolute atomic E-state index is 0.161. The van der Waals surface area contributed by atoms with Gasteiger partial charge < -0.3 is 14.5 Å². The molecule has 29 heavy (non-hydrogen) atoms. The highest BCUT2D eigenvalue weighted by atomic mass is 19.1. The number of hydrogen-bond donors (Lipinski definition) is 1. The summed E-state index contributed by atoms with van der Waals surface area (Å²) in [4.78, 5) is 17.6. The third-order valence-electron chi connectivity index (χ3n) is 5.60. The number of aromatic nitrogens is 2. The van der Waals surface area contributed by atoms with Gasteiger partial charge >= 0.3 is 0 Å². The van der Waals surface area contributed by atoms with Gasteiger partial charge in [0.2, 0.25) is 0 Å². The molecule has 5 rings (SSSR count). The van der Waals surface area contributed by atoms with Gasteiger partial charge in [-0.2, -0.15) is 0 Å². The van der Waals surface area contributed by atoms with Gasteiger partial charge in [-0.3, -0.25) is 4.79 Å². The number of benzene rings is 2. The van der Waals surface area contributed by atoms with E-state index in [1.165, 1.54) is 10.6 Å². The summed E-state index contributed by atoms with van der Waals surface area (Å²) in [6.45, 7) is 0.999. The molecule has 1 N–H and O–H groups in total. The fourth-order valence-corrected chi connectivity index (χ4v) is 4.24. The molecule has 0 fully saturated rings. The largest absolute Gasteiger partial charge is 0.364 e. The van der Waals surface area contributed by atoms with Gasteiger partial charge in [0.15, 0.2) is 0 Å². The highest BCUT2D eigenvalue weighted by Crippen LogP contribution is 2.42. The Morgan fingerprint density at radius 2 is 1.90 bits per heavy atom. The highest BCUT2D eigenvalue weighted by molar-refractivity contribution is 6.01. The van der Waals surface area contributed by atoms with E-state index in [0.29, 0.717) is 35.4 Å². The first-order valence-corrected chi connectivity index (χ1v) is 9.51. The van der Waals surface area contributed by atoms with Gasteiger partial charge in [-0.05, 0) is 23.6 Å². The van der Waals surface area contributed by atoms with E-state index in [-0.39, 0.29) is 5.56 Å². The summed E-state index contributed by atoms with van der Waals surface area (Å²) in [6, 6.07) is 12.3. The number of nitrogens with zero attached hydrogens (tertiary/aromatic N) is 2. The molecule has 0 radical (unpaired) electrons. The summed E-state index contributed by atoms with van der Waals surface area (Å²) in [5.74, 6) is -1.23. The van der Waals surface area contributed by atoms with E-state index in [1.807, 2.05) is 35.2 Å². The average molecular weight is 391 g/mol. The molecule has 1 aliphatic heterocycles. The zero-order valence-electron chi connectivity index (χ0n) is 15.9. The summed E-state index contributed by atoms with van der Waals surface area (Å²) >= 11 is 0. The molecule has 1 aliphatic rings. The van der Waals surface area contributed by atoms with Crippen molar-refractivity contribution in [1.82, 2.24) is 9.55 Å². The number of rotatable bonds is 3. The van der Waals surface area contributed by atoms with Crippen LogP contribution in [0.4, 0.5) is 14.5 Å². The Balaban J connectivity index is 1.71. The fourth-order valence-electron chi connectivity index (χ4n) is 4.24. The topological polar surface area (TPSA) is 41.0 Å². The third kappa shape index (κ3) is 2.83. The summed E-state index contributed by atoms with van der Waals surface area (Å²) in [6.07, 6.45) is 4.19. The second-order valence-corrected chi connectivity index (χ2v) is 7.46. The minimum Gasteiger partial charge on any atom is -0.364 e. The van der Waals surface area contributed by atoms with Crippen LogP contribution < -0.4 is 10.5 Å². The van der Waals surface area contributed by atoms with Gasteiger partial charge in [0.25, 0.3) is 5.56 Å². The number of nitrogens with one attached hydrogen (secondary N) is 1. The second kappa shape index (κ2) is 6.58. The zero-order chi connectivity index (χ0) is 20.1. The molecule has 6 heteroatoms. The van der Waals surface area contributed by atoms with Crippen LogP contribution in [-0.4, -0.2) is 16.1 Å². The van der Waals surface area contributed by atoms with Crippen LogP contribution in [0.15, 0.2) is 59.7 Å². The molecule has 0 atom stereocenters. The predicted octanol–water partition coefficient (Wildman–Crippen LogP) is 4.37. The van der Waals surface area contributed by atoms with Gasteiger partial charge in [0.1, 0.15) is 17.2 Å². The molecule has 2 aromatic carbocycles. The number of hydrogen-bond acceptors (Lipinski definition) is 2. The van der Waals surface area contributed by atoms with Crippen molar-refractivity contribution in [2.24, 2.45) is 7.05 Å². The fraction of sp³-hybridized carbons (Fsp3) is 0.174. The van der Waals surface area contributed by atoms with Gasteiger partial charge in [0.05, 0.1) is 5.69 Å². The van der Waals surface area contributed by atoms with Crippen LogP contribution in [0.1, 0.15) is 11.1 Å². The maximum atomic E-state index is 15.0. The van der Waals surface area contributed by atoms with E-state index in [4.69, 9.17) is 0 Å². The summed E-state index contributed by atoms with van der Waals surface area (Å²) < 4.78 is 30.7. The first kappa shape index (κ1) is 17.7.